The summed E-state index contributed by atoms with van der Waals surface area (Å²) in [7, 11) is 0. The molecule has 0 radical (unpaired) electrons. The van der Waals surface area contributed by atoms with Gasteiger partial charge in [-0.15, -0.1) is 0 Å². The number of hydrogen-bond donors (Lipinski definition) is 0. The molecule has 3 heteroatoms. The van der Waals surface area contributed by atoms with E-state index < -0.39 is 0 Å². The normalized spacial score (nSPS) is 16.2. The van der Waals surface area contributed by atoms with Crippen molar-refractivity contribution in [1.29, 1.82) is 0 Å². The summed E-state index contributed by atoms with van der Waals surface area (Å²) in [5.41, 5.74) is -0.0312. The lowest BCUT2D eigenvalue weighted by molar-refractivity contribution is -0.112. The third-order valence-electron chi connectivity index (χ3n) is 1.46. The van der Waals surface area contributed by atoms with Crippen LogP contribution < -0.4 is 0 Å². The lowest BCUT2D eigenvalue weighted by atomic mass is 10.1. The Balaban J connectivity index is 0.000000288. The van der Waals surface area contributed by atoms with Crippen molar-refractivity contribution in [3.8, 4) is 0 Å². The summed E-state index contributed by atoms with van der Waals surface area (Å²) in [5, 5.41) is 0. The van der Waals surface area contributed by atoms with E-state index in [4.69, 9.17) is 4.74 Å². The quantitative estimate of drug-likeness (QED) is 0.644. The average Bonchev–Trinajstić information content (AvgIpc) is 2.59. The Hall–Kier alpha value is -0.830. The van der Waals surface area contributed by atoms with Gasteiger partial charge in [0.2, 0.25) is 5.91 Å². The third-order valence-corrected chi connectivity index (χ3v) is 1.46. The summed E-state index contributed by atoms with van der Waals surface area (Å²) in [6.45, 7) is 14.9. The molecule has 0 bridgehead atoms. The molecule has 0 spiro atoms. The SMILES string of the molecule is CC(C)(C)OC(C)(C)C.CC=CN1CC1=O. The van der Waals surface area contributed by atoms with Gasteiger partial charge in [0.05, 0.1) is 11.2 Å². The summed E-state index contributed by atoms with van der Waals surface area (Å²) in [6, 6.07) is 0. The Morgan fingerprint density at radius 2 is 1.50 bits per heavy atom. The van der Waals surface area contributed by atoms with Gasteiger partial charge < -0.3 is 9.64 Å². The number of nitrogens with zero attached hydrogens (tertiary/aromatic N) is 1. The molecule has 1 heterocycles. The van der Waals surface area contributed by atoms with Gasteiger partial charge in [0.15, 0.2) is 0 Å². The first-order valence-corrected chi connectivity index (χ1v) is 5.67. The van der Waals surface area contributed by atoms with Crippen LogP contribution in [0.4, 0.5) is 0 Å². The average molecular weight is 227 g/mol. The Kier molecular flexibility index (Phi) is 5.20. The molecule has 1 aliphatic heterocycles. The highest BCUT2D eigenvalue weighted by atomic mass is 16.5. The van der Waals surface area contributed by atoms with Gasteiger partial charge in [-0.1, -0.05) is 6.08 Å². The molecule has 1 rings (SSSR count). The van der Waals surface area contributed by atoms with E-state index in [1.807, 2.05) is 13.0 Å². The highest BCUT2D eigenvalue weighted by Crippen LogP contribution is 2.17. The highest BCUT2D eigenvalue weighted by Gasteiger charge is 2.26. The van der Waals surface area contributed by atoms with Crippen molar-refractivity contribution in [3.63, 3.8) is 0 Å². The van der Waals surface area contributed by atoms with E-state index in [-0.39, 0.29) is 17.1 Å². The van der Waals surface area contributed by atoms with Crippen molar-refractivity contribution in [3.05, 3.63) is 12.3 Å². The van der Waals surface area contributed by atoms with Crippen molar-refractivity contribution in [2.75, 3.05) is 6.54 Å². The van der Waals surface area contributed by atoms with Gasteiger partial charge in [0, 0.05) is 6.20 Å². The second-order valence-corrected chi connectivity index (χ2v) is 5.83. The van der Waals surface area contributed by atoms with E-state index in [1.165, 1.54) is 0 Å². The molecule has 0 aromatic rings. The maximum absolute atomic E-state index is 10.2. The van der Waals surface area contributed by atoms with Crippen LogP contribution >= 0.6 is 0 Å². The highest BCUT2D eigenvalue weighted by molar-refractivity contribution is 5.93. The number of rotatable bonds is 1. The largest absolute Gasteiger partial charge is 0.370 e. The summed E-state index contributed by atoms with van der Waals surface area (Å²) in [5.74, 6) is 0.220. The number of ether oxygens (including phenoxy) is 1. The zero-order chi connectivity index (χ0) is 13.0. The van der Waals surface area contributed by atoms with Crippen LogP contribution in [0, 0.1) is 0 Å². The van der Waals surface area contributed by atoms with Crippen LogP contribution in [0.3, 0.4) is 0 Å². The van der Waals surface area contributed by atoms with E-state index >= 15 is 0 Å². The standard InChI is InChI=1S/C8H18O.C5H7NO/c1-7(2,3)9-8(4,5)6;1-2-3-6-4-5(6)7/h1-6H3;2-3H,4H2,1H3. The summed E-state index contributed by atoms with van der Waals surface area (Å²) in [6.07, 6.45) is 3.63. The molecule has 0 atom stereocenters. The molecular weight excluding hydrogens is 202 g/mol. The molecular formula is C13H25NO2. The first kappa shape index (κ1) is 15.2. The second-order valence-electron chi connectivity index (χ2n) is 5.83. The zero-order valence-electron chi connectivity index (χ0n) is 11.6. The second kappa shape index (κ2) is 5.48. The zero-order valence-corrected chi connectivity index (χ0v) is 11.6. The lowest BCUT2D eigenvalue weighted by Crippen LogP contribution is -2.31. The van der Waals surface area contributed by atoms with E-state index in [2.05, 4.69) is 41.5 Å². The predicted octanol–water partition coefficient (Wildman–Crippen LogP) is 2.96. The van der Waals surface area contributed by atoms with E-state index in [1.54, 1.807) is 11.1 Å². The number of carbonyl (C=O) groups excluding carboxylic acids is 1. The lowest BCUT2D eigenvalue weighted by Gasteiger charge is -2.30. The van der Waals surface area contributed by atoms with E-state index in [0.29, 0.717) is 6.54 Å². The molecule has 3 nitrogen and oxygen atoms in total. The summed E-state index contributed by atoms with van der Waals surface area (Å²) in [4.78, 5) is 11.8. The number of amides is 1. The maximum Gasteiger partial charge on any atom is 0.247 e. The molecule has 0 saturated carbocycles. The maximum atomic E-state index is 10.2. The Bertz CT molecular complexity index is 244. The molecule has 0 aromatic heterocycles. The fraction of sp³-hybridized carbons (Fsp3) is 0.769. The first-order chi connectivity index (χ1) is 7.05. The van der Waals surface area contributed by atoms with Crippen LogP contribution in [-0.2, 0) is 9.53 Å². The number of hydrogen-bond acceptors (Lipinski definition) is 2. The smallest absolute Gasteiger partial charge is 0.247 e. The first-order valence-electron chi connectivity index (χ1n) is 5.67. The topological polar surface area (TPSA) is 29.3 Å². The molecule has 0 aliphatic carbocycles. The number of allylic oxidation sites excluding steroid dienone is 1. The van der Waals surface area contributed by atoms with Crippen molar-refractivity contribution >= 4 is 5.91 Å². The Morgan fingerprint density at radius 1 is 1.12 bits per heavy atom. The van der Waals surface area contributed by atoms with Crippen molar-refractivity contribution < 1.29 is 9.53 Å². The van der Waals surface area contributed by atoms with Crippen molar-refractivity contribution in [2.24, 2.45) is 0 Å². The molecule has 1 saturated heterocycles. The molecule has 94 valence electrons. The molecule has 0 N–H and O–H groups in total. The van der Waals surface area contributed by atoms with Crippen LogP contribution in [0.1, 0.15) is 48.5 Å². The molecule has 1 amide bonds. The Morgan fingerprint density at radius 3 is 1.56 bits per heavy atom. The van der Waals surface area contributed by atoms with Gasteiger partial charge in [-0.05, 0) is 48.5 Å². The number of carbonyl (C=O) groups is 1. The minimum Gasteiger partial charge on any atom is -0.370 e. The fourth-order valence-electron chi connectivity index (χ4n) is 1.34. The van der Waals surface area contributed by atoms with Gasteiger partial charge in [-0.2, -0.15) is 0 Å². The van der Waals surface area contributed by atoms with Crippen molar-refractivity contribution in [2.45, 2.75) is 59.7 Å². The van der Waals surface area contributed by atoms with Gasteiger partial charge in [-0.25, -0.2) is 0 Å². The van der Waals surface area contributed by atoms with Gasteiger partial charge in [0.25, 0.3) is 0 Å². The minimum atomic E-state index is -0.0156. The van der Waals surface area contributed by atoms with Crippen LogP contribution in [-0.4, -0.2) is 28.6 Å². The third kappa shape index (κ3) is 9.71. The molecule has 16 heavy (non-hydrogen) atoms. The predicted molar refractivity (Wildman–Crippen MR) is 67.1 cm³/mol. The van der Waals surface area contributed by atoms with E-state index in [9.17, 15) is 4.79 Å². The Labute approximate surface area is 99.5 Å². The van der Waals surface area contributed by atoms with Crippen LogP contribution in [0.15, 0.2) is 12.3 Å². The van der Waals surface area contributed by atoms with Crippen LogP contribution in [0.25, 0.3) is 0 Å². The molecule has 0 unspecified atom stereocenters. The molecule has 0 aromatic carbocycles. The monoisotopic (exact) mass is 227 g/mol. The summed E-state index contributed by atoms with van der Waals surface area (Å²) >= 11 is 0. The minimum absolute atomic E-state index is 0.0156. The van der Waals surface area contributed by atoms with Gasteiger partial charge >= 0.3 is 0 Å². The van der Waals surface area contributed by atoms with Crippen LogP contribution in [0.2, 0.25) is 0 Å². The van der Waals surface area contributed by atoms with Gasteiger partial charge in [0.1, 0.15) is 6.54 Å². The summed E-state index contributed by atoms with van der Waals surface area (Å²) < 4.78 is 5.62. The van der Waals surface area contributed by atoms with E-state index in [0.717, 1.165) is 0 Å². The van der Waals surface area contributed by atoms with Crippen LogP contribution in [0.5, 0.6) is 0 Å². The van der Waals surface area contributed by atoms with Crippen molar-refractivity contribution in [1.82, 2.24) is 4.90 Å². The molecule has 1 aliphatic rings. The molecule has 1 fully saturated rings. The fourth-order valence-corrected chi connectivity index (χ4v) is 1.34. The van der Waals surface area contributed by atoms with Gasteiger partial charge in [-0.3, -0.25) is 4.79 Å².